The Morgan fingerprint density at radius 1 is 1.04 bits per heavy atom. The summed E-state index contributed by atoms with van der Waals surface area (Å²) >= 11 is 0. The lowest BCUT2D eigenvalue weighted by Gasteiger charge is -2.22. The van der Waals surface area contributed by atoms with Gasteiger partial charge in [-0.3, -0.25) is 0 Å². The molecule has 2 N–H and O–H groups in total. The Balaban J connectivity index is 1.55. The summed E-state index contributed by atoms with van der Waals surface area (Å²) < 4.78 is 43.5. The second-order valence-corrected chi connectivity index (χ2v) is 6.17. The maximum absolute atomic E-state index is 12.6. The minimum atomic E-state index is -4.31. The summed E-state index contributed by atoms with van der Waals surface area (Å²) in [4.78, 5) is 0. The quantitative estimate of drug-likeness (QED) is 0.863. The molecule has 0 saturated carbocycles. The highest BCUT2D eigenvalue weighted by atomic mass is 19.4. The topological polar surface area (TPSA) is 37.2 Å². The Labute approximate surface area is 139 Å². The van der Waals surface area contributed by atoms with Crippen molar-refractivity contribution < 1.29 is 17.6 Å². The van der Waals surface area contributed by atoms with Crippen molar-refractivity contribution in [3.63, 3.8) is 0 Å². The van der Waals surface area contributed by atoms with Crippen molar-refractivity contribution in [2.75, 3.05) is 19.6 Å². The summed E-state index contributed by atoms with van der Waals surface area (Å²) in [5, 5.41) is 6.74. The second-order valence-electron chi connectivity index (χ2n) is 6.17. The van der Waals surface area contributed by atoms with Crippen molar-refractivity contribution in [1.29, 1.82) is 0 Å². The lowest BCUT2D eigenvalue weighted by molar-refractivity contribution is -0.137. The summed E-state index contributed by atoms with van der Waals surface area (Å²) in [5.41, 5.74) is -0.00530. The molecule has 0 atom stereocenters. The van der Waals surface area contributed by atoms with Crippen LogP contribution >= 0.6 is 0 Å². The van der Waals surface area contributed by atoms with Gasteiger partial charge < -0.3 is 15.1 Å². The highest BCUT2D eigenvalue weighted by Gasteiger charge is 2.30. The molecule has 0 amide bonds. The Morgan fingerprint density at radius 2 is 1.75 bits per heavy atom. The predicted molar refractivity (Wildman–Crippen MR) is 86.4 cm³/mol. The largest absolute Gasteiger partial charge is 0.460 e. The molecule has 130 valence electrons. The molecule has 0 unspecified atom stereocenters. The van der Waals surface area contributed by atoms with E-state index < -0.39 is 11.7 Å². The van der Waals surface area contributed by atoms with Crippen LogP contribution in [-0.2, 0) is 12.7 Å². The fraction of sp³-hybridized carbons (Fsp3) is 0.444. The van der Waals surface area contributed by atoms with Gasteiger partial charge in [-0.1, -0.05) is 12.1 Å². The molecule has 2 heterocycles. The second kappa shape index (κ2) is 7.40. The van der Waals surface area contributed by atoms with Crippen LogP contribution in [0.2, 0.25) is 0 Å². The van der Waals surface area contributed by atoms with E-state index in [9.17, 15) is 13.2 Å². The van der Waals surface area contributed by atoms with E-state index in [-0.39, 0.29) is 0 Å². The van der Waals surface area contributed by atoms with E-state index in [2.05, 4.69) is 10.6 Å². The van der Waals surface area contributed by atoms with E-state index in [4.69, 9.17) is 4.42 Å². The van der Waals surface area contributed by atoms with E-state index in [1.165, 1.54) is 25.0 Å². The van der Waals surface area contributed by atoms with Crippen molar-refractivity contribution in [2.45, 2.75) is 25.6 Å². The van der Waals surface area contributed by atoms with Crippen LogP contribution in [0.1, 0.15) is 24.2 Å². The molecule has 1 aromatic heterocycles. The first kappa shape index (κ1) is 17.0. The maximum Gasteiger partial charge on any atom is 0.416 e. The van der Waals surface area contributed by atoms with Gasteiger partial charge in [0, 0.05) is 5.56 Å². The monoisotopic (exact) mass is 338 g/mol. The van der Waals surface area contributed by atoms with Crippen LogP contribution < -0.4 is 10.6 Å². The predicted octanol–water partition coefficient (Wildman–Crippen LogP) is 4.05. The third kappa shape index (κ3) is 4.39. The number of piperidine rings is 1. The molecule has 0 spiro atoms. The highest BCUT2D eigenvalue weighted by molar-refractivity contribution is 5.58. The lowest BCUT2D eigenvalue weighted by atomic mass is 9.98. The third-order valence-electron chi connectivity index (χ3n) is 4.35. The number of hydrogen-bond donors (Lipinski definition) is 2. The molecular formula is C18H21F3N2O. The van der Waals surface area contributed by atoms with Gasteiger partial charge in [-0.25, -0.2) is 0 Å². The number of rotatable bonds is 5. The van der Waals surface area contributed by atoms with E-state index in [1.807, 2.05) is 6.07 Å². The van der Waals surface area contributed by atoms with Gasteiger partial charge in [-0.05, 0) is 62.7 Å². The number of alkyl halides is 3. The van der Waals surface area contributed by atoms with Gasteiger partial charge in [-0.2, -0.15) is 13.2 Å². The molecule has 3 rings (SSSR count). The summed E-state index contributed by atoms with van der Waals surface area (Å²) in [7, 11) is 0. The van der Waals surface area contributed by atoms with Crippen molar-refractivity contribution in [2.24, 2.45) is 5.92 Å². The molecule has 0 bridgehead atoms. The molecule has 1 aliphatic heterocycles. The van der Waals surface area contributed by atoms with Crippen LogP contribution in [-0.4, -0.2) is 19.6 Å². The van der Waals surface area contributed by atoms with Gasteiger partial charge in [-0.15, -0.1) is 0 Å². The first-order valence-corrected chi connectivity index (χ1v) is 8.20. The molecule has 1 fully saturated rings. The zero-order valence-corrected chi connectivity index (χ0v) is 13.3. The molecule has 1 aromatic carbocycles. The number of benzene rings is 1. The minimum absolute atomic E-state index is 0.586. The van der Waals surface area contributed by atoms with E-state index in [0.29, 0.717) is 23.8 Å². The van der Waals surface area contributed by atoms with E-state index in [0.717, 1.165) is 37.5 Å². The SMILES string of the molecule is FC(F)(F)c1ccc(-c2ccc(CNCC3CCNCC3)o2)cc1. The Kier molecular flexibility index (Phi) is 5.26. The zero-order chi connectivity index (χ0) is 17.0. The van der Waals surface area contributed by atoms with Gasteiger partial charge in [0.2, 0.25) is 0 Å². The Morgan fingerprint density at radius 3 is 2.42 bits per heavy atom. The van der Waals surface area contributed by atoms with Crippen LogP contribution in [0.5, 0.6) is 0 Å². The zero-order valence-electron chi connectivity index (χ0n) is 13.3. The van der Waals surface area contributed by atoms with Gasteiger partial charge in [0.1, 0.15) is 11.5 Å². The van der Waals surface area contributed by atoms with Crippen LogP contribution in [0.15, 0.2) is 40.8 Å². The molecule has 6 heteroatoms. The molecular weight excluding hydrogens is 317 g/mol. The third-order valence-corrected chi connectivity index (χ3v) is 4.35. The first-order valence-electron chi connectivity index (χ1n) is 8.20. The number of furan rings is 1. The van der Waals surface area contributed by atoms with Crippen molar-refractivity contribution >= 4 is 0 Å². The van der Waals surface area contributed by atoms with Gasteiger partial charge in [0.15, 0.2) is 0 Å². The number of hydrogen-bond acceptors (Lipinski definition) is 3. The summed E-state index contributed by atoms with van der Waals surface area (Å²) in [6, 6.07) is 8.69. The minimum Gasteiger partial charge on any atom is -0.460 e. The van der Waals surface area contributed by atoms with Crippen LogP contribution in [0.25, 0.3) is 11.3 Å². The molecule has 24 heavy (non-hydrogen) atoms. The smallest absolute Gasteiger partial charge is 0.416 e. The first-order chi connectivity index (χ1) is 11.5. The number of halogens is 3. The van der Waals surface area contributed by atoms with E-state index in [1.54, 1.807) is 6.07 Å². The maximum atomic E-state index is 12.6. The molecule has 1 saturated heterocycles. The molecule has 1 aliphatic rings. The normalized spacial score (nSPS) is 16.5. The molecule has 3 nitrogen and oxygen atoms in total. The number of nitrogens with one attached hydrogen (secondary N) is 2. The van der Waals surface area contributed by atoms with Gasteiger partial charge in [0.25, 0.3) is 0 Å². The summed E-state index contributed by atoms with van der Waals surface area (Å²) in [6.45, 7) is 3.74. The van der Waals surface area contributed by atoms with Crippen LogP contribution in [0.4, 0.5) is 13.2 Å². The molecule has 0 radical (unpaired) electrons. The van der Waals surface area contributed by atoms with Crippen LogP contribution in [0.3, 0.4) is 0 Å². The lowest BCUT2D eigenvalue weighted by Crippen LogP contribution is -2.33. The van der Waals surface area contributed by atoms with Crippen molar-refractivity contribution in [3.05, 3.63) is 47.7 Å². The van der Waals surface area contributed by atoms with E-state index >= 15 is 0 Å². The van der Waals surface area contributed by atoms with Crippen molar-refractivity contribution in [1.82, 2.24) is 10.6 Å². The molecule has 0 aliphatic carbocycles. The average Bonchev–Trinajstić information content (AvgIpc) is 3.04. The standard InChI is InChI=1S/C18H21F3N2O/c19-18(20,21)15-3-1-14(2-4-15)17-6-5-16(24-17)12-23-11-13-7-9-22-10-8-13/h1-6,13,22-23H,7-12H2. The van der Waals surface area contributed by atoms with Crippen molar-refractivity contribution in [3.8, 4) is 11.3 Å². The summed E-state index contributed by atoms with van der Waals surface area (Å²) in [6.07, 6.45) is -1.95. The van der Waals surface area contributed by atoms with Gasteiger partial charge >= 0.3 is 6.18 Å². The Hall–Kier alpha value is -1.79. The fourth-order valence-corrected chi connectivity index (χ4v) is 2.94. The summed E-state index contributed by atoms with van der Waals surface area (Å²) in [5.74, 6) is 2.07. The van der Waals surface area contributed by atoms with Gasteiger partial charge in [0.05, 0.1) is 12.1 Å². The average molecular weight is 338 g/mol. The van der Waals surface area contributed by atoms with Crippen LogP contribution in [0, 0.1) is 5.92 Å². The fourth-order valence-electron chi connectivity index (χ4n) is 2.94. The highest BCUT2D eigenvalue weighted by Crippen LogP contribution is 2.31. The molecule has 2 aromatic rings. The Bertz CT molecular complexity index is 643.